The number of rotatable bonds is 3. The molecule has 11 heavy (non-hydrogen) atoms. The van der Waals surface area contributed by atoms with E-state index in [-0.39, 0.29) is 0 Å². The van der Waals surface area contributed by atoms with Gasteiger partial charge in [0.25, 0.3) is 0 Å². The molecule has 62 valence electrons. The highest BCUT2D eigenvalue weighted by molar-refractivity contribution is 9.09. The fourth-order valence-corrected chi connectivity index (χ4v) is 1.23. The Bertz CT molecular complexity index is 215. The molecular weight excluding hydrogens is 204 g/mol. The van der Waals surface area contributed by atoms with Crippen LogP contribution in [0.25, 0.3) is 0 Å². The van der Waals surface area contributed by atoms with Crippen LogP contribution in [0.2, 0.25) is 0 Å². The van der Waals surface area contributed by atoms with Crippen LogP contribution in [-0.2, 0) is 6.42 Å². The van der Waals surface area contributed by atoms with Crippen LogP contribution >= 0.6 is 15.9 Å². The molecule has 0 N–H and O–H groups in total. The van der Waals surface area contributed by atoms with Crippen LogP contribution in [-0.4, -0.2) is 4.83 Å². The van der Waals surface area contributed by atoms with E-state index in [1.807, 2.05) is 6.26 Å². The standard InChI is InChI=1S/C9H13BrO/c1-7-5-11-6-9(7)4-3-8(2)10/h5-6,8H,3-4H2,1-2H3. The second-order valence-electron chi connectivity index (χ2n) is 2.90. The third kappa shape index (κ3) is 2.70. The van der Waals surface area contributed by atoms with Crippen molar-refractivity contribution < 1.29 is 4.42 Å². The molecule has 0 radical (unpaired) electrons. The van der Waals surface area contributed by atoms with Gasteiger partial charge in [-0.15, -0.1) is 0 Å². The van der Waals surface area contributed by atoms with Crippen LogP contribution < -0.4 is 0 Å². The Balaban J connectivity index is 2.44. The zero-order valence-corrected chi connectivity index (χ0v) is 8.52. The van der Waals surface area contributed by atoms with Gasteiger partial charge in [0.2, 0.25) is 0 Å². The van der Waals surface area contributed by atoms with Gasteiger partial charge in [0.05, 0.1) is 12.5 Å². The SMILES string of the molecule is Cc1cocc1CCC(C)Br. The maximum absolute atomic E-state index is 5.06. The molecule has 1 nitrogen and oxygen atoms in total. The molecule has 0 aliphatic rings. The van der Waals surface area contributed by atoms with E-state index in [4.69, 9.17) is 4.42 Å². The highest BCUT2D eigenvalue weighted by Gasteiger charge is 2.02. The predicted octanol–water partition coefficient (Wildman–Crippen LogP) is 3.30. The summed E-state index contributed by atoms with van der Waals surface area (Å²) in [6.07, 6.45) is 5.91. The molecular formula is C9H13BrO. The Morgan fingerprint density at radius 2 is 2.27 bits per heavy atom. The number of halogens is 1. The van der Waals surface area contributed by atoms with Crippen LogP contribution in [0.4, 0.5) is 0 Å². The third-order valence-electron chi connectivity index (χ3n) is 1.77. The van der Waals surface area contributed by atoms with Crippen LogP contribution in [0.3, 0.4) is 0 Å². The van der Waals surface area contributed by atoms with Crippen molar-refractivity contribution in [2.75, 3.05) is 0 Å². The Morgan fingerprint density at radius 3 is 2.73 bits per heavy atom. The molecule has 2 heteroatoms. The molecule has 1 unspecified atom stereocenters. The van der Waals surface area contributed by atoms with Crippen molar-refractivity contribution in [1.82, 2.24) is 0 Å². The van der Waals surface area contributed by atoms with E-state index in [1.54, 1.807) is 6.26 Å². The Labute approximate surface area is 75.9 Å². The van der Waals surface area contributed by atoms with Gasteiger partial charge < -0.3 is 4.42 Å². The monoisotopic (exact) mass is 216 g/mol. The summed E-state index contributed by atoms with van der Waals surface area (Å²) in [5.41, 5.74) is 2.59. The average Bonchev–Trinajstić information content (AvgIpc) is 2.31. The first-order chi connectivity index (χ1) is 5.20. The number of hydrogen-bond donors (Lipinski definition) is 0. The molecule has 0 aromatic carbocycles. The summed E-state index contributed by atoms with van der Waals surface area (Å²) in [4.78, 5) is 0.594. The summed E-state index contributed by atoms with van der Waals surface area (Å²) in [5.74, 6) is 0. The van der Waals surface area contributed by atoms with E-state index in [0.29, 0.717) is 4.83 Å². The highest BCUT2D eigenvalue weighted by Crippen LogP contribution is 2.14. The molecule has 1 heterocycles. The van der Waals surface area contributed by atoms with Crippen LogP contribution in [0.15, 0.2) is 16.9 Å². The highest BCUT2D eigenvalue weighted by atomic mass is 79.9. The second-order valence-corrected chi connectivity index (χ2v) is 4.46. The molecule has 0 amide bonds. The average molecular weight is 217 g/mol. The van der Waals surface area contributed by atoms with Gasteiger partial charge in [0, 0.05) is 4.83 Å². The lowest BCUT2D eigenvalue weighted by Crippen LogP contribution is -1.93. The maximum atomic E-state index is 5.06. The van der Waals surface area contributed by atoms with E-state index in [1.165, 1.54) is 17.5 Å². The molecule has 0 bridgehead atoms. The summed E-state index contributed by atoms with van der Waals surface area (Å²) in [5, 5.41) is 0. The largest absolute Gasteiger partial charge is 0.472 e. The van der Waals surface area contributed by atoms with Gasteiger partial charge in [-0.25, -0.2) is 0 Å². The molecule has 1 aromatic rings. The molecule has 0 spiro atoms. The lowest BCUT2D eigenvalue weighted by Gasteiger charge is -2.00. The summed E-state index contributed by atoms with van der Waals surface area (Å²) in [7, 11) is 0. The van der Waals surface area contributed by atoms with Crippen molar-refractivity contribution in [2.24, 2.45) is 0 Å². The van der Waals surface area contributed by atoms with Crippen LogP contribution in [0.1, 0.15) is 24.5 Å². The summed E-state index contributed by atoms with van der Waals surface area (Å²) in [6, 6.07) is 0. The van der Waals surface area contributed by atoms with Crippen molar-refractivity contribution >= 4 is 15.9 Å². The van der Waals surface area contributed by atoms with Gasteiger partial charge in [-0.2, -0.15) is 0 Å². The normalized spacial score (nSPS) is 13.4. The second kappa shape index (κ2) is 3.96. The van der Waals surface area contributed by atoms with Crippen LogP contribution in [0.5, 0.6) is 0 Å². The maximum Gasteiger partial charge on any atom is 0.0937 e. The predicted molar refractivity (Wildman–Crippen MR) is 50.2 cm³/mol. The van der Waals surface area contributed by atoms with Gasteiger partial charge in [0.1, 0.15) is 0 Å². The molecule has 0 aliphatic carbocycles. The van der Waals surface area contributed by atoms with Crippen LogP contribution in [0, 0.1) is 6.92 Å². The Morgan fingerprint density at radius 1 is 1.55 bits per heavy atom. The number of furan rings is 1. The molecule has 0 aliphatic heterocycles. The van der Waals surface area contributed by atoms with Crippen molar-refractivity contribution in [3.05, 3.63) is 23.7 Å². The van der Waals surface area contributed by atoms with Gasteiger partial charge >= 0.3 is 0 Å². The topological polar surface area (TPSA) is 13.1 Å². The zero-order valence-electron chi connectivity index (χ0n) is 6.93. The fraction of sp³-hybridized carbons (Fsp3) is 0.556. The lowest BCUT2D eigenvalue weighted by molar-refractivity contribution is 0.561. The quantitative estimate of drug-likeness (QED) is 0.708. The first-order valence-electron chi connectivity index (χ1n) is 3.86. The van der Waals surface area contributed by atoms with E-state index >= 15 is 0 Å². The van der Waals surface area contributed by atoms with Crippen molar-refractivity contribution in [3.8, 4) is 0 Å². The zero-order chi connectivity index (χ0) is 8.27. The third-order valence-corrected chi connectivity index (χ3v) is 2.23. The minimum atomic E-state index is 0.594. The summed E-state index contributed by atoms with van der Waals surface area (Å²) < 4.78 is 5.06. The number of aryl methyl sites for hydroxylation is 2. The smallest absolute Gasteiger partial charge is 0.0937 e. The van der Waals surface area contributed by atoms with E-state index in [9.17, 15) is 0 Å². The Kier molecular flexibility index (Phi) is 3.18. The van der Waals surface area contributed by atoms with Gasteiger partial charge in [-0.1, -0.05) is 22.9 Å². The fourth-order valence-electron chi connectivity index (χ4n) is 0.997. The first-order valence-corrected chi connectivity index (χ1v) is 4.77. The molecule has 0 saturated carbocycles. The van der Waals surface area contributed by atoms with Gasteiger partial charge in [-0.05, 0) is 30.9 Å². The first kappa shape index (κ1) is 8.85. The molecule has 1 rings (SSSR count). The molecule has 1 aromatic heterocycles. The number of hydrogen-bond acceptors (Lipinski definition) is 1. The van der Waals surface area contributed by atoms with Crippen molar-refractivity contribution in [1.29, 1.82) is 0 Å². The van der Waals surface area contributed by atoms with Gasteiger partial charge in [-0.3, -0.25) is 0 Å². The number of alkyl halides is 1. The molecule has 0 fully saturated rings. The minimum absolute atomic E-state index is 0.594. The van der Waals surface area contributed by atoms with Gasteiger partial charge in [0.15, 0.2) is 0 Å². The molecule has 0 saturated heterocycles. The van der Waals surface area contributed by atoms with E-state index in [2.05, 4.69) is 29.8 Å². The Hall–Kier alpha value is -0.240. The lowest BCUT2D eigenvalue weighted by atomic mass is 10.1. The van der Waals surface area contributed by atoms with Crippen molar-refractivity contribution in [3.63, 3.8) is 0 Å². The summed E-state index contributed by atoms with van der Waals surface area (Å²) in [6.45, 7) is 4.24. The summed E-state index contributed by atoms with van der Waals surface area (Å²) >= 11 is 3.51. The minimum Gasteiger partial charge on any atom is -0.472 e. The van der Waals surface area contributed by atoms with Crippen molar-refractivity contribution in [2.45, 2.75) is 31.5 Å². The van der Waals surface area contributed by atoms with E-state index < -0.39 is 0 Å². The molecule has 1 atom stereocenters. The van der Waals surface area contributed by atoms with E-state index in [0.717, 1.165) is 6.42 Å².